The maximum absolute atomic E-state index is 12.5. The first-order valence-corrected chi connectivity index (χ1v) is 11.7. The quantitative estimate of drug-likeness (QED) is 0.311. The van der Waals surface area contributed by atoms with Crippen LogP contribution < -0.4 is 5.32 Å². The number of esters is 1. The molecule has 0 aromatic heterocycles. The van der Waals surface area contributed by atoms with Gasteiger partial charge in [-0.15, -0.1) is 0 Å². The number of fused-ring (bicyclic) bond motifs is 1. The highest BCUT2D eigenvalue weighted by molar-refractivity contribution is 9.12. The van der Waals surface area contributed by atoms with Crippen molar-refractivity contribution in [2.45, 2.75) is 22.5 Å². The smallest absolute Gasteiger partial charge is 0.326 e. The molecule has 0 radical (unpaired) electrons. The number of carbonyl (C=O) groups is 4. The molecule has 2 aliphatic rings. The number of amides is 3. The second-order valence-corrected chi connectivity index (χ2v) is 10.4. The zero-order chi connectivity index (χ0) is 21.3. The molecule has 0 unspecified atom stereocenters. The van der Waals surface area contributed by atoms with Gasteiger partial charge in [-0.25, -0.2) is 0 Å². The molecular weight excluding hydrogens is 599 g/mol. The number of halogens is 4. The molecule has 156 valence electrons. The minimum absolute atomic E-state index is 0.0863. The summed E-state index contributed by atoms with van der Waals surface area (Å²) in [5, 5.41) is 2.97. The fraction of sp³-hybridized carbons (Fsp3) is 0.444. The Hall–Kier alpha value is -0.970. The molecule has 1 aromatic carbocycles. The van der Waals surface area contributed by atoms with E-state index in [1.165, 1.54) is 0 Å². The molecular formula is C18H16Br3ClN2O5. The van der Waals surface area contributed by atoms with Gasteiger partial charge in [0.05, 0.1) is 16.9 Å². The predicted molar refractivity (Wildman–Crippen MR) is 117 cm³/mol. The molecule has 2 fully saturated rings. The molecule has 1 aromatic rings. The Morgan fingerprint density at radius 2 is 1.72 bits per heavy atom. The van der Waals surface area contributed by atoms with Crippen LogP contribution in [0, 0.1) is 11.8 Å². The maximum atomic E-state index is 12.5. The van der Waals surface area contributed by atoms with E-state index in [-0.39, 0.29) is 21.5 Å². The average Bonchev–Trinajstić information content (AvgIpc) is 2.88. The van der Waals surface area contributed by atoms with E-state index >= 15 is 0 Å². The SMILES string of the molecule is O=C(COC(=O)CN1C(=O)[C@@H]2C[C@H](Br)[C@@H](Br)C[C@H]2C1=O)Nc1ccc(Br)c(Cl)c1. The molecule has 1 N–H and O–H groups in total. The first-order chi connectivity index (χ1) is 13.7. The predicted octanol–water partition coefficient (Wildman–Crippen LogP) is 3.51. The number of rotatable bonds is 5. The first-order valence-electron chi connectivity index (χ1n) is 8.71. The minimum Gasteiger partial charge on any atom is -0.454 e. The number of imide groups is 1. The van der Waals surface area contributed by atoms with Gasteiger partial charge in [0.1, 0.15) is 6.54 Å². The monoisotopic (exact) mass is 612 g/mol. The zero-order valence-corrected chi connectivity index (χ0v) is 20.4. The lowest BCUT2D eigenvalue weighted by atomic mass is 9.81. The zero-order valence-electron chi connectivity index (χ0n) is 14.9. The van der Waals surface area contributed by atoms with Gasteiger partial charge in [-0.3, -0.25) is 24.1 Å². The fourth-order valence-electron chi connectivity index (χ4n) is 3.41. The third kappa shape index (κ3) is 5.21. The van der Waals surface area contributed by atoms with Crippen LogP contribution in [-0.2, 0) is 23.9 Å². The van der Waals surface area contributed by atoms with E-state index in [2.05, 4.69) is 53.1 Å². The Labute approximate surface area is 197 Å². The number of nitrogens with zero attached hydrogens (tertiary/aromatic N) is 1. The molecule has 7 nitrogen and oxygen atoms in total. The van der Waals surface area contributed by atoms with E-state index in [0.29, 0.717) is 28.0 Å². The van der Waals surface area contributed by atoms with Gasteiger partial charge in [0.25, 0.3) is 5.91 Å². The van der Waals surface area contributed by atoms with Gasteiger partial charge < -0.3 is 10.1 Å². The van der Waals surface area contributed by atoms with Gasteiger partial charge in [-0.2, -0.15) is 0 Å². The molecule has 1 saturated carbocycles. The van der Waals surface area contributed by atoms with Gasteiger partial charge >= 0.3 is 5.97 Å². The number of nitrogens with one attached hydrogen (secondary N) is 1. The summed E-state index contributed by atoms with van der Waals surface area (Å²) in [4.78, 5) is 50.2. The minimum atomic E-state index is -0.819. The van der Waals surface area contributed by atoms with Crippen molar-refractivity contribution < 1.29 is 23.9 Å². The standard InChI is InChI=1S/C18H16Br3ClN2O5/c19-11-2-1-8(3-14(11)22)23-15(25)7-29-16(26)6-24-17(27)9-4-12(20)13(21)5-10(9)18(24)28/h1-3,9-10,12-13H,4-7H2,(H,23,25)/t9-,10-,12+,13+/m1/s1. The van der Waals surface area contributed by atoms with Crippen LogP contribution in [0.3, 0.4) is 0 Å². The number of benzene rings is 1. The molecule has 3 rings (SSSR count). The summed E-state index contributed by atoms with van der Waals surface area (Å²) in [5.41, 5.74) is 0.446. The lowest BCUT2D eigenvalue weighted by molar-refractivity contribution is -0.154. The van der Waals surface area contributed by atoms with E-state index in [1.54, 1.807) is 18.2 Å². The molecule has 1 saturated heterocycles. The van der Waals surface area contributed by atoms with E-state index in [4.69, 9.17) is 16.3 Å². The van der Waals surface area contributed by atoms with Crippen LogP contribution in [0.1, 0.15) is 12.8 Å². The van der Waals surface area contributed by atoms with Crippen LogP contribution in [0.5, 0.6) is 0 Å². The largest absolute Gasteiger partial charge is 0.454 e. The molecule has 1 heterocycles. The van der Waals surface area contributed by atoms with Crippen LogP contribution in [0.2, 0.25) is 5.02 Å². The molecule has 1 aliphatic carbocycles. The van der Waals surface area contributed by atoms with Crippen molar-refractivity contribution in [1.82, 2.24) is 4.90 Å². The molecule has 4 atom stereocenters. The summed E-state index contributed by atoms with van der Waals surface area (Å²) in [6.45, 7) is -1.04. The van der Waals surface area contributed by atoms with Crippen LogP contribution in [0.15, 0.2) is 22.7 Å². The van der Waals surface area contributed by atoms with Crippen molar-refractivity contribution >= 4 is 88.8 Å². The third-order valence-corrected chi connectivity index (χ3v) is 8.82. The van der Waals surface area contributed by atoms with Gasteiger partial charge in [-0.1, -0.05) is 43.5 Å². The number of anilines is 1. The highest BCUT2D eigenvalue weighted by Gasteiger charge is 2.52. The van der Waals surface area contributed by atoms with Crippen molar-refractivity contribution in [3.8, 4) is 0 Å². The number of carbonyl (C=O) groups excluding carboxylic acids is 4. The first kappa shape index (κ1) is 22.7. The third-order valence-electron chi connectivity index (χ3n) is 4.86. The lowest BCUT2D eigenvalue weighted by Crippen LogP contribution is -2.37. The van der Waals surface area contributed by atoms with E-state index < -0.39 is 36.9 Å². The Bertz CT molecular complexity index is 840. The molecule has 29 heavy (non-hydrogen) atoms. The van der Waals surface area contributed by atoms with E-state index in [1.807, 2.05) is 0 Å². The maximum Gasteiger partial charge on any atom is 0.326 e. The summed E-state index contributed by atoms with van der Waals surface area (Å²) in [6.07, 6.45) is 1.05. The number of hydrogen-bond acceptors (Lipinski definition) is 5. The van der Waals surface area contributed by atoms with Crippen molar-refractivity contribution in [3.05, 3.63) is 27.7 Å². The molecule has 11 heteroatoms. The Kier molecular flexibility index (Phi) is 7.40. The van der Waals surface area contributed by atoms with E-state index in [9.17, 15) is 19.2 Å². The summed E-state index contributed by atoms with van der Waals surface area (Å²) >= 11 is 16.2. The number of alkyl halides is 2. The van der Waals surface area contributed by atoms with Crippen molar-refractivity contribution in [2.24, 2.45) is 11.8 Å². The summed E-state index contributed by atoms with van der Waals surface area (Å²) in [7, 11) is 0. The second-order valence-electron chi connectivity index (χ2n) is 6.82. The Morgan fingerprint density at radius 3 is 2.28 bits per heavy atom. The highest BCUT2D eigenvalue weighted by Crippen LogP contribution is 2.43. The van der Waals surface area contributed by atoms with Crippen molar-refractivity contribution in [1.29, 1.82) is 0 Å². The lowest BCUT2D eigenvalue weighted by Gasteiger charge is -2.29. The van der Waals surface area contributed by atoms with Gasteiger partial charge in [0, 0.05) is 19.8 Å². The van der Waals surface area contributed by atoms with E-state index in [0.717, 1.165) is 4.90 Å². The second kappa shape index (κ2) is 9.45. The van der Waals surface area contributed by atoms with Crippen LogP contribution in [0.4, 0.5) is 5.69 Å². The molecule has 0 bridgehead atoms. The summed E-state index contributed by atoms with van der Waals surface area (Å²) in [6, 6.07) is 4.85. The van der Waals surface area contributed by atoms with Crippen LogP contribution in [0.25, 0.3) is 0 Å². The van der Waals surface area contributed by atoms with Crippen LogP contribution in [-0.4, -0.2) is 51.4 Å². The van der Waals surface area contributed by atoms with Crippen molar-refractivity contribution in [2.75, 3.05) is 18.5 Å². The summed E-state index contributed by atoms with van der Waals surface area (Å²) in [5.74, 6) is -2.98. The Balaban J connectivity index is 1.51. The highest BCUT2D eigenvalue weighted by atomic mass is 79.9. The topological polar surface area (TPSA) is 92.8 Å². The fourth-order valence-corrected chi connectivity index (χ4v) is 5.08. The summed E-state index contributed by atoms with van der Waals surface area (Å²) < 4.78 is 5.61. The molecule has 3 amide bonds. The molecule has 1 aliphatic heterocycles. The normalized spacial score (nSPS) is 26.3. The number of ether oxygens (including phenoxy) is 1. The van der Waals surface area contributed by atoms with Gasteiger partial charge in [-0.05, 0) is 47.0 Å². The molecule has 0 spiro atoms. The van der Waals surface area contributed by atoms with Crippen molar-refractivity contribution in [3.63, 3.8) is 0 Å². The van der Waals surface area contributed by atoms with Gasteiger partial charge in [0.2, 0.25) is 11.8 Å². The van der Waals surface area contributed by atoms with Gasteiger partial charge in [0.15, 0.2) is 6.61 Å². The number of hydrogen-bond donors (Lipinski definition) is 1. The number of likely N-dealkylation sites (tertiary alicyclic amines) is 1. The Morgan fingerprint density at radius 1 is 1.14 bits per heavy atom. The average molecular weight is 616 g/mol. The van der Waals surface area contributed by atoms with Crippen LogP contribution >= 0.6 is 59.4 Å².